The fraction of sp³-hybridized carbons (Fsp3) is 0.400. The van der Waals surface area contributed by atoms with Gasteiger partial charge in [-0.3, -0.25) is 0 Å². The Labute approximate surface area is 107 Å². The molecule has 3 rings (SSSR count). The maximum atomic E-state index is 5.28. The van der Waals surface area contributed by atoms with Crippen molar-refractivity contribution >= 4 is 5.69 Å². The molecule has 3 nitrogen and oxygen atoms in total. The van der Waals surface area contributed by atoms with Crippen molar-refractivity contribution in [1.29, 1.82) is 0 Å². The van der Waals surface area contributed by atoms with Gasteiger partial charge in [0.05, 0.1) is 6.20 Å². The predicted octanol–water partition coefficient (Wildman–Crippen LogP) is 4.09. The summed E-state index contributed by atoms with van der Waals surface area (Å²) in [7, 11) is 0. The molecule has 0 saturated heterocycles. The highest BCUT2D eigenvalue weighted by Crippen LogP contribution is 2.24. The minimum absolute atomic E-state index is 0.648. The zero-order valence-corrected chi connectivity index (χ0v) is 10.4. The Kier molecular flexibility index (Phi) is 3.31. The Morgan fingerprint density at radius 2 is 1.83 bits per heavy atom. The minimum Gasteiger partial charge on any atom is -0.444 e. The van der Waals surface area contributed by atoms with Gasteiger partial charge in [0, 0.05) is 17.3 Å². The summed E-state index contributed by atoms with van der Waals surface area (Å²) >= 11 is 0. The lowest BCUT2D eigenvalue weighted by molar-refractivity contribution is 0.463. The number of benzene rings is 1. The van der Waals surface area contributed by atoms with Crippen LogP contribution in [0.25, 0.3) is 11.3 Å². The van der Waals surface area contributed by atoms with Crippen molar-refractivity contribution in [3.05, 3.63) is 36.9 Å². The molecule has 1 heterocycles. The van der Waals surface area contributed by atoms with Gasteiger partial charge in [-0.05, 0) is 37.1 Å². The van der Waals surface area contributed by atoms with Gasteiger partial charge in [-0.15, -0.1) is 0 Å². The standard InChI is InChI=1S/C15H18N2O/c1-2-4-13(5-3-1)17-14-8-6-12(7-9-14)15-10-16-11-18-15/h6-11,13,17H,1-5H2. The molecule has 0 amide bonds. The van der Waals surface area contributed by atoms with Crippen molar-refractivity contribution in [2.24, 2.45) is 0 Å². The molecule has 0 aliphatic heterocycles. The maximum absolute atomic E-state index is 5.28. The number of anilines is 1. The van der Waals surface area contributed by atoms with E-state index in [-0.39, 0.29) is 0 Å². The quantitative estimate of drug-likeness (QED) is 0.881. The monoisotopic (exact) mass is 242 g/mol. The summed E-state index contributed by atoms with van der Waals surface area (Å²) in [4.78, 5) is 3.93. The Hall–Kier alpha value is -1.77. The van der Waals surface area contributed by atoms with E-state index in [0.717, 1.165) is 11.3 Å². The van der Waals surface area contributed by atoms with Gasteiger partial charge in [0.1, 0.15) is 0 Å². The first-order valence-electron chi connectivity index (χ1n) is 6.67. The highest BCUT2D eigenvalue weighted by molar-refractivity contribution is 5.60. The molecule has 18 heavy (non-hydrogen) atoms. The Balaban J connectivity index is 1.67. The number of aromatic nitrogens is 1. The van der Waals surface area contributed by atoms with Gasteiger partial charge in [0.15, 0.2) is 12.2 Å². The van der Waals surface area contributed by atoms with E-state index in [1.807, 2.05) is 0 Å². The van der Waals surface area contributed by atoms with E-state index in [4.69, 9.17) is 4.42 Å². The normalized spacial score (nSPS) is 16.7. The van der Waals surface area contributed by atoms with Crippen LogP contribution < -0.4 is 5.32 Å². The molecule has 1 aliphatic carbocycles. The molecule has 1 fully saturated rings. The Morgan fingerprint density at radius 3 is 2.50 bits per heavy atom. The first-order valence-corrected chi connectivity index (χ1v) is 6.67. The molecule has 1 aromatic heterocycles. The first kappa shape index (κ1) is 11.3. The number of hydrogen-bond donors (Lipinski definition) is 1. The van der Waals surface area contributed by atoms with Crippen molar-refractivity contribution in [2.75, 3.05) is 5.32 Å². The third-order valence-electron chi connectivity index (χ3n) is 3.58. The molecule has 0 atom stereocenters. The molecule has 0 unspecified atom stereocenters. The zero-order chi connectivity index (χ0) is 12.2. The zero-order valence-electron chi connectivity index (χ0n) is 10.4. The van der Waals surface area contributed by atoms with Gasteiger partial charge >= 0.3 is 0 Å². The third-order valence-corrected chi connectivity index (χ3v) is 3.58. The molecule has 2 aromatic rings. The van der Waals surface area contributed by atoms with Crippen LogP contribution in [0.4, 0.5) is 5.69 Å². The number of rotatable bonds is 3. The van der Waals surface area contributed by atoms with Crippen LogP contribution in [0.3, 0.4) is 0 Å². The van der Waals surface area contributed by atoms with Crippen LogP contribution in [0.15, 0.2) is 41.3 Å². The smallest absolute Gasteiger partial charge is 0.181 e. The lowest BCUT2D eigenvalue weighted by atomic mass is 9.95. The van der Waals surface area contributed by atoms with Crippen molar-refractivity contribution in [1.82, 2.24) is 4.98 Å². The topological polar surface area (TPSA) is 38.1 Å². The van der Waals surface area contributed by atoms with E-state index < -0.39 is 0 Å². The van der Waals surface area contributed by atoms with Crippen molar-refractivity contribution in [3.8, 4) is 11.3 Å². The van der Waals surface area contributed by atoms with Gasteiger partial charge in [-0.25, -0.2) is 4.98 Å². The molecule has 1 saturated carbocycles. The highest BCUT2D eigenvalue weighted by Gasteiger charge is 2.12. The molecule has 0 bridgehead atoms. The summed E-state index contributed by atoms with van der Waals surface area (Å²) in [6.07, 6.45) is 9.89. The molecule has 1 aromatic carbocycles. The SMILES string of the molecule is c1ncc(-c2ccc(NC3CCCCC3)cc2)o1. The molecule has 94 valence electrons. The highest BCUT2D eigenvalue weighted by atomic mass is 16.3. The van der Waals surface area contributed by atoms with Gasteiger partial charge in [-0.1, -0.05) is 19.3 Å². The summed E-state index contributed by atoms with van der Waals surface area (Å²) in [5.41, 5.74) is 2.27. The van der Waals surface area contributed by atoms with Gasteiger partial charge in [0.25, 0.3) is 0 Å². The first-order chi connectivity index (χ1) is 8.92. The lowest BCUT2D eigenvalue weighted by Gasteiger charge is -2.23. The molecule has 3 heteroatoms. The summed E-state index contributed by atoms with van der Waals surface area (Å²) in [5.74, 6) is 0.819. The lowest BCUT2D eigenvalue weighted by Crippen LogP contribution is -2.22. The summed E-state index contributed by atoms with van der Waals surface area (Å²) in [5, 5.41) is 3.61. The van der Waals surface area contributed by atoms with Crippen LogP contribution in [0.2, 0.25) is 0 Å². The number of nitrogens with zero attached hydrogens (tertiary/aromatic N) is 1. The van der Waals surface area contributed by atoms with Crippen LogP contribution in [0.5, 0.6) is 0 Å². The molecular formula is C15H18N2O. The van der Waals surface area contributed by atoms with Crippen molar-refractivity contribution < 1.29 is 4.42 Å². The largest absolute Gasteiger partial charge is 0.444 e. The minimum atomic E-state index is 0.648. The second-order valence-electron chi connectivity index (χ2n) is 4.92. The molecule has 1 aliphatic rings. The predicted molar refractivity (Wildman–Crippen MR) is 72.4 cm³/mol. The summed E-state index contributed by atoms with van der Waals surface area (Å²) in [6.45, 7) is 0. The molecule has 1 N–H and O–H groups in total. The average Bonchev–Trinajstić information content (AvgIpc) is 2.95. The number of oxazole rings is 1. The van der Waals surface area contributed by atoms with Crippen LogP contribution in [-0.2, 0) is 0 Å². The van der Waals surface area contributed by atoms with E-state index in [1.54, 1.807) is 6.20 Å². The van der Waals surface area contributed by atoms with E-state index in [0.29, 0.717) is 6.04 Å². The van der Waals surface area contributed by atoms with E-state index in [2.05, 4.69) is 34.6 Å². The van der Waals surface area contributed by atoms with E-state index in [9.17, 15) is 0 Å². The van der Waals surface area contributed by atoms with Crippen LogP contribution in [0, 0.1) is 0 Å². The third kappa shape index (κ3) is 2.55. The van der Waals surface area contributed by atoms with Crippen LogP contribution >= 0.6 is 0 Å². The van der Waals surface area contributed by atoms with Gasteiger partial charge in [0.2, 0.25) is 0 Å². The fourth-order valence-electron chi connectivity index (χ4n) is 2.57. The van der Waals surface area contributed by atoms with Crippen molar-refractivity contribution in [2.45, 2.75) is 38.1 Å². The number of nitrogens with one attached hydrogen (secondary N) is 1. The average molecular weight is 242 g/mol. The summed E-state index contributed by atoms with van der Waals surface area (Å²) < 4.78 is 5.28. The second-order valence-corrected chi connectivity index (χ2v) is 4.92. The summed E-state index contributed by atoms with van der Waals surface area (Å²) in [6, 6.07) is 9.03. The molecule has 0 spiro atoms. The van der Waals surface area contributed by atoms with E-state index >= 15 is 0 Å². The molecule has 0 radical (unpaired) electrons. The van der Waals surface area contributed by atoms with Crippen molar-refractivity contribution in [3.63, 3.8) is 0 Å². The Bertz CT molecular complexity index is 470. The molecular weight excluding hydrogens is 224 g/mol. The van der Waals surface area contributed by atoms with E-state index in [1.165, 1.54) is 44.2 Å². The van der Waals surface area contributed by atoms with Crippen LogP contribution in [-0.4, -0.2) is 11.0 Å². The Morgan fingerprint density at radius 1 is 1.06 bits per heavy atom. The fourth-order valence-corrected chi connectivity index (χ4v) is 2.57. The van der Waals surface area contributed by atoms with Gasteiger partial charge < -0.3 is 9.73 Å². The van der Waals surface area contributed by atoms with Gasteiger partial charge in [-0.2, -0.15) is 0 Å². The second kappa shape index (κ2) is 5.25. The van der Waals surface area contributed by atoms with Crippen LogP contribution in [0.1, 0.15) is 32.1 Å². The number of hydrogen-bond acceptors (Lipinski definition) is 3. The maximum Gasteiger partial charge on any atom is 0.181 e.